The van der Waals surface area contributed by atoms with Crippen molar-refractivity contribution in [3.63, 3.8) is 0 Å². The van der Waals surface area contributed by atoms with Crippen LogP contribution in [0.15, 0.2) is 0 Å². The lowest BCUT2D eigenvalue weighted by atomic mass is 9.55. The SMILES string of the molecule is CC(C(C(=O)NCCCCCNC(=O)CN)C(C)(C)O)C(C)(C(=O)N(C)C)C(C)C(C)(C)C(=O)OC(C)(C)C. The van der Waals surface area contributed by atoms with Crippen LogP contribution < -0.4 is 16.4 Å². The maximum Gasteiger partial charge on any atom is 0.312 e. The van der Waals surface area contributed by atoms with Crippen LogP contribution in [0.3, 0.4) is 0 Å². The van der Waals surface area contributed by atoms with Crippen molar-refractivity contribution >= 4 is 23.7 Å². The first-order valence-corrected chi connectivity index (χ1v) is 14.0. The van der Waals surface area contributed by atoms with E-state index < -0.39 is 45.8 Å². The van der Waals surface area contributed by atoms with Gasteiger partial charge >= 0.3 is 5.97 Å². The van der Waals surface area contributed by atoms with Gasteiger partial charge in [-0.15, -0.1) is 0 Å². The molecular formula is C29H56N4O6. The number of unbranched alkanes of at least 4 members (excludes halogenated alkanes) is 2. The van der Waals surface area contributed by atoms with E-state index in [2.05, 4.69) is 10.6 Å². The number of hydrogen-bond donors (Lipinski definition) is 4. The number of esters is 1. The average molecular weight is 557 g/mol. The van der Waals surface area contributed by atoms with Crippen molar-refractivity contribution in [1.29, 1.82) is 0 Å². The first-order valence-electron chi connectivity index (χ1n) is 14.0. The molecule has 5 N–H and O–H groups in total. The van der Waals surface area contributed by atoms with E-state index in [0.29, 0.717) is 19.5 Å². The van der Waals surface area contributed by atoms with Crippen molar-refractivity contribution in [3.8, 4) is 0 Å². The smallest absolute Gasteiger partial charge is 0.312 e. The van der Waals surface area contributed by atoms with Gasteiger partial charge in [-0.05, 0) is 79.6 Å². The lowest BCUT2D eigenvalue weighted by Gasteiger charge is -2.50. The molecule has 0 aromatic carbocycles. The topological polar surface area (TPSA) is 151 Å². The molecule has 3 amide bonds. The predicted molar refractivity (Wildman–Crippen MR) is 153 cm³/mol. The maximum atomic E-state index is 13.8. The molecular weight excluding hydrogens is 500 g/mol. The highest BCUT2D eigenvalue weighted by Crippen LogP contribution is 2.51. The predicted octanol–water partition coefficient (Wildman–Crippen LogP) is 2.47. The normalized spacial score (nSPS) is 16.4. The number of carbonyl (C=O) groups is 4. The monoisotopic (exact) mass is 556 g/mol. The van der Waals surface area contributed by atoms with Crippen LogP contribution in [0, 0.1) is 28.6 Å². The summed E-state index contributed by atoms with van der Waals surface area (Å²) in [5, 5.41) is 16.8. The lowest BCUT2D eigenvalue weighted by molar-refractivity contribution is -0.178. The molecule has 0 aliphatic rings. The Kier molecular flexibility index (Phi) is 13.6. The van der Waals surface area contributed by atoms with Gasteiger partial charge in [-0.25, -0.2) is 0 Å². The summed E-state index contributed by atoms with van der Waals surface area (Å²) in [6.07, 6.45) is 2.22. The minimum absolute atomic E-state index is 0.0462. The summed E-state index contributed by atoms with van der Waals surface area (Å²) < 4.78 is 5.70. The highest BCUT2D eigenvalue weighted by atomic mass is 16.6. The number of ether oxygens (including phenoxy) is 1. The first-order chi connectivity index (χ1) is 17.5. The average Bonchev–Trinajstić information content (AvgIpc) is 2.79. The van der Waals surface area contributed by atoms with Gasteiger partial charge in [0, 0.05) is 27.2 Å². The van der Waals surface area contributed by atoms with E-state index in [4.69, 9.17) is 10.5 Å². The number of nitrogens with zero attached hydrogens (tertiary/aromatic N) is 1. The number of nitrogens with two attached hydrogens (primary N) is 1. The molecule has 4 unspecified atom stereocenters. The van der Waals surface area contributed by atoms with Crippen molar-refractivity contribution in [2.75, 3.05) is 33.7 Å². The fourth-order valence-corrected chi connectivity index (χ4v) is 5.15. The summed E-state index contributed by atoms with van der Waals surface area (Å²) in [6, 6.07) is 0. The second-order valence-corrected chi connectivity index (χ2v) is 13.3. The highest BCUT2D eigenvalue weighted by molar-refractivity contribution is 5.87. The van der Waals surface area contributed by atoms with Gasteiger partial charge in [0.2, 0.25) is 17.7 Å². The standard InChI is InChI=1S/C29H56N4O6/c1-19(22(28(8,9)38)23(35)32-17-15-13-14-16-31-21(34)18-30)29(10,24(36)33(11)12)20(2)27(6,7)25(37)39-26(3,4)5/h19-20,22,38H,13-18,30H2,1-12H3,(H,31,34)(H,32,35). The zero-order valence-electron chi connectivity index (χ0n) is 26.5. The molecule has 0 aromatic rings. The lowest BCUT2D eigenvalue weighted by Crippen LogP contribution is -2.59. The van der Waals surface area contributed by atoms with Crippen LogP contribution in [0.1, 0.15) is 88.5 Å². The number of hydrogen-bond acceptors (Lipinski definition) is 7. The zero-order valence-corrected chi connectivity index (χ0v) is 26.5. The number of amides is 3. The van der Waals surface area contributed by atoms with Crippen molar-refractivity contribution in [1.82, 2.24) is 15.5 Å². The fraction of sp³-hybridized carbons (Fsp3) is 0.862. The van der Waals surface area contributed by atoms with Crippen molar-refractivity contribution in [3.05, 3.63) is 0 Å². The summed E-state index contributed by atoms with van der Waals surface area (Å²) >= 11 is 0. The van der Waals surface area contributed by atoms with Gasteiger partial charge in [0.15, 0.2) is 0 Å². The molecule has 228 valence electrons. The molecule has 10 heteroatoms. The van der Waals surface area contributed by atoms with Crippen LogP contribution in [0.5, 0.6) is 0 Å². The molecule has 0 saturated carbocycles. The molecule has 0 radical (unpaired) electrons. The number of aliphatic hydroxyl groups is 1. The fourth-order valence-electron chi connectivity index (χ4n) is 5.15. The van der Waals surface area contributed by atoms with Crippen molar-refractivity contribution in [2.45, 2.75) is 99.7 Å². The summed E-state index contributed by atoms with van der Waals surface area (Å²) in [7, 11) is 3.30. The Morgan fingerprint density at radius 2 is 1.36 bits per heavy atom. The van der Waals surface area contributed by atoms with Crippen molar-refractivity contribution in [2.24, 2.45) is 34.3 Å². The van der Waals surface area contributed by atoms with Crippen LogP contribution in [0.2, 0.25) is 0 Å². The minimum Gasteiger partial charge on any atom is -0.460 e. The summed E-state index contributed by atoms with van der Waals surface area (Å²) in [4.78, 5) is 53.3. The van der Waals surface area contributed by atoms with E-state index in [1.54, 1.807) is 76.4 Å². The third-order valence-electron chi connectivity index (χ3n) is 7.92. The van der Waals surface area contributed by atoms with E-state index in [0.717, 1.165) is 12.8 Å². The summed E-state index contributed by atoms with van der Waals surface area (Å²) in [5.74, 6) is -3.36. The quantitative estimate of drug-likeness (QED) is 0.179. The van der Waals surface area contributed by atoms with E-state index >= 15 is 0 Å². The van der Waals surface area contributed by atoms with Crippen LogP contribution >= 0.6 is 0 Å². The van der Waals surface area contributed by atoms with Crippen molar-refractivity contribution < 1.29 is 29.0 Å². The van der Waals surface area contributed by atoms with Crippen LogP contribution in [-0.4, -0.2) is 78.6 Å². The highest BCUT2D eigenvalue weighted by Gasteiger charge is 2.57. The Labute approximate surface area is 236 Å². The molecule has 0 bridgehead atoms. The molecule has 10 nitrogen and oxygen atoms in total. The molecule has 0 aliphatic carbocycles. The molecule has 0 fully saturated rings. The van der Waals surface area contributed by atoms with Crippen LogP contribution in [0.4, 0.5) is 0 Å². The summed E-state index contributed by atoms with van der Waals surface area (Å²) in [5.41, 5.74) is 0.861. The first kappa shape index (κ1) is 36.8. The number of rotatable bonds is 15. The second kappa shape index (κ2) is 14.4. The molecule has 0 aromatic heterocycles. The third-order valence-corrected chi connectivity index (χ3v) is 7.92. The molecule has 39 heavy (non-hydrogen) atoms. The van der Waals surface area contributed by atoms with E-state index in [-0.39, 0.29) is 24.3 Å². The van der Waals surface area contributed by atoms with Gasteiger partial charge in [-0.3, -0.25) is 19.2 Å². The molecule has 0 aliphatic heterocycles. The Bertz CT molecular complexity index is 844. The van der Waals surface area contributed by atoms with Crippen LogP contribution in [0.25, 0.3) is 0 Å². The molecule has 0 rings (SSSR count). The van der Waals surface area contributed by atoms with E-state index in [1.165, 1.54) is 4.90 Å². The van der Waals surface area contributed by atoms with Gasteiger partial charge in [-0.2, -0.15) is 0 Å². The second-order valence-electron chi connectivity index (χ2n) is 13.3. The Hall–Kier alpha value is -2.20. The number of carbonyl (C=O) groups excluding carboxylic acids is 4. The van der Waals surface area contributed by atoms with Gasteiger partial charge in [-0.1, -0.05) is 20.8 Å². The Morgan fingerprint density at radius 1 is 0.872 bits per heavy atom. The van der Waals surface area contributed by atoms with E-state index in [1.807, 2.05) is 6.92 Å². The summed E-state index contributed by atoms with van der Waals surface area (Å²) in [6.45, 7) is 18.3. The van der Waals surface area contributed by atoms with Gasteiger partial charge in [0.05, 0.1) is 28.9 Å². The Morgan fingerprint density at radius 3 is 1.77 bits per heavy atom. The van der Waals surface area contributed by atoms with Gasteiger partial charge in [0.25, 0.3) is 0 Å². The van der Waals surface area contributed by atoms with Crippen LogP contribution in [-0.2, 0) is 23.9 Å². The molecule has 0 saturated heterocycles. The third kappa shape index (κ3) is 10.4. The van der Waals surface area contributed by atoms with Gasteiger partial charge in [0.1, 0.15) is 5.60 Å². The largest absolute Gasteiger partial charge is 0.460 e. The minimum atomic E-state index is -1.44. The molecule has 4 atom stereocenters. The molecule has 0 heterocycles. The van der Waals surface area contributed by atoms with E-state index in [9.17, 15) is 24.3 Å². The maximum absolute atomic E-state index is 13.8. The zero-order chi connectivity index (χ0) is 31.0. The Balaban J connectivity index is 6.01. The number of nitrogens with one attached hydrogen (secondary N) is 2. The van der Waals surface area contributed by atoms with Gasteiger partial charge < -0.3 is 31.1 Å². The molecule has 0 spiro atoms.